The molecule has 6 nitrogen and oxygen atoms in total. The van der Waals surface area contributed by atoms with Gasteiger partial charge in [-0.1, -0.05) is 30.3 Å². The van der Waals surface area contributed by atoms with Gasteiger partial charge in [0.05, 0.1) is 26.4 Å². The Hall–Kier alpha value is -2.57. The molecule has 1 aliphatic heterocycles. The van der Waals surface area contributed by atoms with Crippen LogP contribution in [-0.2, 0) is 11.3 Å². The third-order valence-electron chi connectivity index (χ3n) is 5.97. The van der Waals surface area contributed by atoms with Gasteiger partial charge >= 0.3 is 5.97 Å². The Balaban J connectivity index is 1.66. The molecule has 0 unspecified atom stereocenters. The molecule has 2 aromatic rings. The van der Waals surface area contributed by atoms with E-state index < -0.39 is 0 Å². The van der Waals surface area contributed by atoms with Gasteiger partial charge in [-0.3, -0.25) is 9.80 Å². The minimum Gasteiger partial charge on any atom is -0.493 e. The zero-order chi connectivity index (χ0) is 23.1. The summed E-state index contributed by atoms with van der Waals surface area (Å²) in [4.78, 5) is 17.0. The predicted molar refractivity (Wildman–Crippen MR) is 126 cm³/mol. The zero-order valence-corrected chi connectivity index (χ0v) is 20.0. The number of hydrogen-bond acceptors (Lipinski definition) is 6. The Bertz CT molecular complexity index is 879. The number of carbonyl (C=O) groups excluding carboxylic acids is 1. The van der Waals surface area contributed by atoms with Crippen molar-refractivity contribution >= 4 is 5.97 Å². The summed E-state index contributed by atoms with van der Waals surface area (Å²) in [6.45, 7) is 11.4. The minimum atomic E-state index is -0.389. The summed E-state index contributed by atoms with van der Waals surface area (Å²) in [5.41, 5.74) is 1.88. The highest BCUT2D eigenvalue weighted by Gasteiger charge is 2.33. The van der Waals surface area contributed by atoms with Crippen molar-refractivity contribution in [3.05, 3.63) is 59.7 Å². The molecule has 3 rings (SSSR count). The van der Waals surface area contributed by atoms with Crippen molar-refractivity contribution in [3.8, 4) is 11.5 Å². The molecule has 1 atom stereocenters. The van der Waals surface area contributed by atoms with Gasteiger partial charge in [-0.15, -0.1) is 0 Å². The van der Waals surface area contributed by atoms with E-state index >= 15 is 0 Å². The fourth-order valence-electron chi connectivity index (χ4n) is 4.37. The van der Waals surface area contributed by atoms with E-state index in [0.717, 1.165) is 32.6 Å². The lowest BCUT2D eigenvalue weighted by molar-refractivity contribution is -0.00127. The molecule has 0 saturated carbocycles. The molecule has 0 aromatic heterocycles. The number of rotatable bonds is 8. The molecular formula is C26H36N2O4. The Morgan fingerprint density at radius 1 is 1.03 bits per heavy atom. The van der Waals surface area contributed by atoms with Gasteiger partial charge in [0, 0.05) is 37.8 Å². The summed E-state index contributed by atoms with van der Waals surface area (Å²) in [5, 5.41) is 0. The summed E-state index contributed by atoms with van der Waals surface area (Å²) in [7, 11) is 2.97. The summed E-state index contributed by atoms with van der Waals surface area (Å²) in [6, 6.07) is 16.1. The van der Waals surface area contributed by atoms with Crippen molar-refractivity contribution in [2.24, 2.45) is 0 Å². The molecule has 1 saturated heterocycles. The highest BCUT2D eigenvalue weighted by molar-refractivity contribution is 5.90. The van der Waals surface area contributed by atoms with Gasteiger partial charge < -0.3 is 14.2 Å². The molecular weight excluding hydrogens is 404 g/mol. The second-order valence-electron chi connectivity index (χ2n) is 9.23. The number of ether oxygens (including phenoxy) is 3. The van der Waals surface area contributed by atoms with Gasteiger partial charge in [0.15, 0.2) is 11.5 Å². The lowest BCUT2D eigenvalue weighted by Crippen LogP contribution is -2.59. The van der Waals surface area contributed by atoms with E-state index in [9.17, 15) is 4.79 Å². The van der Waals surface area contributed by atoms with Gasteiger partial charge in [-0.05, 0) is 51.0 Å². The van der Waals surface area contributed by atoms with Crippen LogP contribution in [0.4, 0.5) is 0 Å². The van der Waals surface area contributed by atoms with E-state index in [0.29, 0.717) is 29.7 Å². The first-order valence-electron chi connectivity index (χ1n) is 11.2. The maximum absolute atomic E-state index is 11.9. The molecule has 0 amide bonds. The molecule has 2 aromatic carbocycles. The van der Waals surface area contributed by atoms with E-state index in [1.807, 2.05) is 0 Å². The van der Waals surface area contributed by atoms with E-state index in [1.165, 1.54) is 12.7 Å². The molecule has 1 heterocycles. The normalized spacial score (nSPS) is 17.7. The van der Waals surface area contributed by atoms with E-state index in [2.05, 4.69) is 60.9 Å². The number of esters is 1. The molecule has 0 N–H and O–H groups in total. The predicted octanol–water partition coefficient (Wildman–Crippen LogP) is 4.24. The molecule has 6 heteroatoms. The summed E-state index contributed by atoms with van der Waals surface area (Å²) < 4.78 is 16.4. The first-order valence-corrected chi connectivity index (χ1v) is 11.2. The summed E-state index contributed by atoms with van der Waals surface area (Å²) >= 11 is 0. The molecule has 0 spiro atoms. The van der Waals surface area contributed by atoms with Crippen LogP contribution in [0.1, 0.15) is 43.1 Å². The molecule has 32 heavy (non-hydrogen) atoms. The van der Waals surface area contributed by atoms with E-state index in [1.54, 1.807) is 25.3 Å². The quantitative estimate of drug-likeness (QED) is 0.573. The number of hydrogen-bond donors (Lipinski definition) is 0. The van der Waals surface area contributed by atoms with Crippen LogP contribution in [-0.4, -0.2) is 67.8 Å². The second kappa shape index (κ2) is 10.8. The van der Waals surface area contributed by atoms with Crippen molar-refractivity contribution in [2.75, 3.05) is 40.5 Å². The van der Waals surface area contributed by atoms with Crippen LogP contribution in [0.25, 0.3) is 0 Å². The van der Waals surface area contributed by atoms with Crippen molar-refractivity contribution in [3.63, 3.8) is 0 Å². The zero-order valence-electron chi connectivity index (χ0n) is 20.0. The third kappa shape index (κ3) is 6.24. The van der Waals surface area contributed by atoms with Crippen LogP contribution >= 0.6 is 0 Å². The van der Waals surface area contributed by atoms with E-state index in [4.69, 9.17) is 14.2 Å². The maximum atomic E-state index is 11.9. The number of carbonyl (C=O) groups is 1. The first kappa shape index (κ1) is 24.1. The standard InChI is InChI=1S/C26H36N2O4/c1-26(2,3)28-15-14-27(18-20-9-7-6-8-10-20)19-22(28)13-16-32-24-17-21(25(29)31-5)11-12-23(24)30-4/h6-12,17,22H,13-16,18-19H2,1-5H3/t22-/m1/s1. The van der Waals surface area contributed by atoms with Gasteiger partial charge in [0.1, 0.15) is 0 Å². The number of methoxy groups -OCH3 is 2. The third-order valence-corrected chi connectivity index (χ3v) is 5.97. The van der Waals surface area contributed by atoms with Crippen LogP contribution in [0.5, 0.6) is 11.5 Å². The van der Waals surface area contributed by atoms with Crippen LogP contribution in [0.3, 0.4) is 0 Å². The van der Waals surface area contributed by atoms with Crippen LogP contribution in [0, 0.1) is 0 Å². The molecule has 1 aliphatic rings. The number of piperazine rings is 1. The van der Waals surface area contributed by atoms with Gasteiger partial charge in [-0.25, -0.2) is 4.79 Å². The highest BCUT2D eigenvalue weighted by atomic mass is 16.5. The monoisotopic (exact) mass is 440 g/mol. The lowest BCUT2D eigenvalue weighted by Gasteiger charge is -2.48. The highest BCUT2D eigenvalue weighted by Crippen LogP contribution is 2.29. The van der Waals surface area contributed by atoms with Crippen LogP contribution < -0.4 is 9.47 Å². The van der Waals surface area contributed by atoms with Gasteiger partial charge in [-0.2, -0.15) is 0 Å². The maximum Gasteiger partial charge on any atom is 0.337 e. The fourth-order valence-corrected chi connectivity index (χ4v) is 4.37. The van der Waals surface area contributed by atoms with Crippen molar-refractivity contribution in [1.82, 2.24) is 9.80 Å². The van der Waals surface area contributed by atoms with Crippen molar-refractivity contribution in [1.29, 1.82) is 0 Å². The molecule has 174 valence electrons. The average Bonchev–Trinajstić information content (AvgIpc) is 2.78. The van der Waals surface area contributed by atoms with Crippen LogP contribution in [0.15, 0.2) is 48.5 Å². The largest absolute Gasteiger partial charge is 0.493 e. The van der Waals surface area contributed by atoms with Gasteiger partial charge in [0.25, 0.3) is 0 Å². The second-order valence-corrected chi connectivity index (χ2v) is 9.23. The summed E-state index contributed by atoms with van der Waals surface area (Å²) in [5.74, 6) is 0.787. The SMILES string of the molecule is COC(=O)c1ccc(OC)c(OCC[C@@H]2CN(Cc3ccccc3)CCN2C(C)(C)C)c1. The molecule has 1 fully saturated rings. The summed E-state index contributed by atoms with van der Waals surface area (Å²) in [6.07, 6.45) is 0.883. The van der Waals surface area contributed by atoms with Crippen LogP contribution in [0.2, 0.25) is 0 Å². The Kier molecular flexibility index (Phi) is 8.15. The number of nitrogens with zero attached hydrogens (tertiary/aromatic N) is 2. The Morgan fingerprint density at radius 3 is 2.44 bits per heavy atom. The van der Waals surface area contributed by atoms with E-state index in [-0.39, 0.29) is 11.5 Å². The minimum absolute atomic E-state index is 0.0893. The first-order chi connectivity index (χ1) is 15.3. The fraction of sp³-hybridized carbons (Fsp3) is 0.500. The lowest BCUT2D eigenvalue weighted by atomic mass is 9.98. The molecule has 0 aliphatic carbocycles. The Morgan fingerprint density at radius 2 is 1.78 bits per heavy atom. The van der Waals surface area contributed by atoms with Crippen molar-refractivity contribution in [2.45, 2.75) is 45.3 Å². The van der Waals surface area contributed by atoms with Gasteiger partial charge in [0.2, 0.25) is 0 Å². The number of benzene rings is 2. The Labute approximate surface area is 192 Å². The molecule has 0 bridgehead atoms. The van der Waals surface area contributed by atoms with Crippen molar-refractivity contribution < 1.29 is 19.0 Å². The molecule has 0 radical (unpaired) electrons. The topological polar surface area (TPSA) is 51.2 Å². The average molecular weight is 441 g/mol. The smallest absolute Gasteiger partial charge is 0.337 e.